The van der Waals surface area contributed by atoms with Crippen LogP contribution in [0, 0.1) is 17.1 Å². The molecule has 2 saturated heterocycles. The van der Waals surface area contributed by atoms with Gasteiger partial charge in [0.05, 0.1) is 12.6 Å². The molecule has 4 rings (SSSR count). The van der Waals surface area contributed by atoms with Crippen molar-refractivity contribution in [2.45, 2.75) is 31.3 Å². The van der Waals surface area contributed by atoms with Crippen molar-refractivity contribution in [3.8, 4) is 6.07 Å². The van der Waals surface area contributed by atoms with Crippen LogP contribution >= 0.6 is 0 Å². The number of anilines is 1. The fraction of sp³-hybridized carbons (Fsp3) is 0.450. The Kier molecular flexibility index (Phi) is 4.90. The molecule has 0 bridgehead atoms. The Bertz CT molecular complexity index is 896. The zero-order chi connectivity index (χ0) is 18.8. The van der Waals surface area contributed by atoms with Crippen molar-refractivity contribution < 1.29 is 9.18 Å². The number of amides is 1. The third-order valence-electron chi connectivity index (χ3n) is 5.38. The number of fused-ring (bicyclic) bond motifs is 1. The van der Waals surface area contributed by atoms with Gasteiger partial charge in [-0.25, -0.2) is 4.39 Å². The van der Waals surface area contributed by atoms with Gasteiger partial charge >= 0.3 is 0 Å². The predicted molar refractivity (Wildman–Crippen MR) is 101 cm³/mol. The van der Waals surface area contributed by atoms with Gasteiger partial charge in [0.1, 0.15) is 11.6 Å². The van der Waals surface area contributed by atoms with Crippen LogP contribution in [-0.4, -0.2) is 59.0 Å². The zero-order valence-corrected chi connectivity index (χ0v) is 15.1. The lowest BCUT2D eigenvalue weighted by Crippen LogP contribution is -2.42. The molecule has 2 aliphatic heterocycles. The van der Waals surface area contributed by atoms with Crippen LogP contribution < -0.4 is 5.32 Å². The molecule has 2 aromatic rings. The molecule has 7 heteroatoms. The topological polar surface area (TPSA) is 72.3 Å². The van der Waals surface area contributed by atoms with Crippen molar-refractivity contribution >= 4 is 22.5 Å². The van der Waals surface area contributed by atoms with Gasteiger partial charge in [0, 0.05) is 42.9 Å². The highest BCUT2D eigenvalue weighted by atomic mass is 19.1. The molecule has 6 nitrogen and oxygen atoms in total. The van der Waals surface area contributed by atoms with Crippen molar-refractivity contribution in [1.29, 1.82) is 5.26 Å². The summed E-state index contributed by atoms with van der Waals surface area (Å²) in [6.45, 7) is 2.55. The quantitative estimate of drug-likeness (QED) is 0.898. The molecular weight excluding hydrogens is 345 g/mol. The predicted octanol–water partition coefficient (Wildman–Crippen LogP) is 2.37. The second-order valence-corrected chi connectivity index (χ2v) is 7.27. The standard InChI is InChI=1S/C20H22FN5O/c21-18-10-16(9-14-3-1-6-23-20(14)18)24-15-5-8-25(12-15)13-19(27)26-7-2-4-17(26)11-22/h1,3,6,9-10,15,17,24H,2,4-5,7-8,12-13H2/t15-,17?/m1/s1. The molecule has 0 spiro atoms. The number of hydrogen-bond donors (Lipinski definition) is 1. The molecule has 3 heterocycles. The molecule has 2 atom stereocenters. The van der Waals surface area contributed by atoms with Crippen LogP contribution in [0.2, 0.25) is 0 Å². The molecule has 1 amide bonds. The number of nitrogens with one attached hydrogen (secondary N) is 1. The lowest BCUT2D eigenvalue weighted by Gasteiger charge is -2.23. The van der Waals surface area contributed by atoms with E-state index in [2.05, 4.69) is 21.3 Å². The SMILES string of the molecule is N#CC1CCCN1C(=O)CN1CC[C@@H](Nc2cc(F)c3ncccc3c2)C1. The number of halogens is 1. The van der Waals surface area contributed by atoms with Gasteiger partial charge < -0.3 is 10.2 Å². The maximum Gasteiger partial charge on any atom is 0.237 e. The van der Waals surface area contributed by atoms with Gasteiger partial charge in [-0.1, -0.05) is 6.07 Å². The van der Waals surface area contributed by atoms with Gasteiger partial charge in [-0.15, -0.1) is 0 Å². The number of pyridine rings is 1. The van der Waals surface area contributed by atoms with Gasteiger partial charge in [0.25, 0.3) is 0 Å². The van der Waals surface area contributed by atoms with E-state index in [9.17, 15) is 9.18 Å². The van der Waals surface area contributed by atoms with Crippen LogP contribution in [0.1, 0.15) is 19.3 Å². The minimum atomic E-state index is -0.336. The lowest BCUT2D eigenvalue weighted by molar-refractivity contribution is -0.132. The van der Waals surface area contributed by atoms with E-state index in [1.54, 1.807) is 17.2 Å². The van der Waals surface area contributed by atoms with E-state index in [1.165, 1.54) is 6.07 Å². The Hall–Kier alpha value is -2.72. The number of nitriles is 1. The monoisotopic (exact) mass is 367 g/mol. The van der Waals surface area contributed by atoms with Crippen LogP contribution in [0.4, 0.5) is 10.1 Å². The van der Waals surface area contributed by atoms with E-state index < -0.39 is 0 Å². The molecule has 0 radical (unpaired) electrons. The fourth-order valence-corrected chi connectivity index (χ4v) is 4.04. The van der Waals surface area contributed by atoms with E-state index in [4.69, 9.17) is 5.26 Å². The van der Waals surface area contributed by atoms with Gasteiger partial charge in [-0.3, -0.25) is 14.7 Å². The van der Waals surface area contributed by atoms with E-state index >= 15 is 0 Å². The number of benzene rings is 1. The van der Waals surface area contributed by atoms with Crippen molar-refractivity contribution in [3.63, 3.8) is 0 Å². The highest BCUT2D eigenvalue weighted by Crippen LogP contribution is 2.24. The Balaban J connectivity index is 1.36. The molecule has 140 valence electrons. The summed E-state index contributed by atoms with van der Waals surface area (Å²) in [6.07, 6.45) is 4.15. The van der Waals surface area contributed by atoms with E-state index in [-0.39, 0.29) is 23.8 Å². The van der Waals surface area contributed by atoms with Crippen LogP contribution in [0.25, 0.3) is 10.9 Å². The number of hydrogen-bond acceptors (Lipinski definition) is 5. The number of aromatic nitrogens is 1. The van der Waals surface area contributed by atoms with Crippen molar-refractivity contribution in [1.82, 2.24) is 14.8 Å². The lowest BCUT2D eigenvalue weighted by atomic mass is 10.1. The first kappa shape index (κ1) is 17.7. The third-order valence-corrected chi connectivity index (χ3v) is 5.38. The first-order valence-corrected chi connectivity index (χ1v) is 9.36. The van der Waals surface area contributed by atoms with Crippen molar-refractivity contribution in [2.75, 3.05) is 31.5 Å². The normalized spacial score (nSPS) is 22.9. The van der Waals surface area contributed by atoms with E-state index in [0.717, 1.165) is 43.4 Å². The Morgan fingerprint density at radius 1 is 1.37 bits per heavy atom. The number of nitrogens with zero attached hydrogens (tertiary/aromatic N) is 4. The molecule has 2 fully saturated rings. The first-order valence-electron chi connectivity index (χ1n) is 9.36. The molecular formula is C20H22FN5O. The Morgan fingerprint density at radius 3 is 3.11 bits per heavy atom. The Labute approximate surface area is 157 Å². The number of carbonyl (C=O) groups is 1. The summed E-state index contributed by atoms with van der Waals surface area (Å²) in [4.78, 5) is 20.4. The minimum Gasteiger partial charge on any atom is -0.381 e. The average Bonchev–Trinajstić information content (AvgIpc) is 3.31. The minimum absolute atomic E-state index is 0.0301. The summed E-state index contributed by atoms with van der Waals surface area (Å²) in [5, 5.41) is 13.3. The third kappa shape index (κ3) is 3.71. The van der Waals surface area contributed by atoms with Crippen LogP contribution in [0.15, 0.2) is 30.5 Å². The molecule has 2 aliphatic rings. The Morgan fingerprint density at radius 2 is 2.26 bits per heavy atom. The second-order valence-electron chi connectivity index (χ2n) is 7.27. The molecule has 1 aromatic carbocycles. The molecule has 0 aliphatic carbocycles. The maximum atomic E-state index is 14.2. The smallest absolute Gasteiger partial charge is 0.237 e. The summed E-state index contributed by atoms with van der Waals surface area (Å²) in [6, 6.07) is 9.12. The van der Waals surface area contributed by atoms with E-state index in [1.807, 2.05) is 12.1 Å². The molecule has 27 heavy (non-hydrogen) atoms. The summed E-state index contributed by atoms with van der Waals surface area (Å²) < 4.78 is 14.2. The summed E-state index contributed by atoms with van der Waals surface area (Å²) in [5.74, 6) is -0.306. The highest BCUT2D eigenvalue weighted by molar-refractivity contribution is 5.83. The molecule has 1 unspecified atom stereocenters. The maximum absolute atomic E-state index is 14.2. The average molecular weight is 367 g/mol. The second kappa shape index (κ2) is 7.49. The number of carbonyl (C=O) groups excluding carboxylic acids is 1. The van der Waals surface area contributed by atoms with E-state index in [0.29, 0.717) is 18.6 Å². The fourth-order valence-electron chi connectivity index (χ4n) is 4.04. The highest BCUT2D eigenvalue weighted by Gasteiger charge is 2.31. The van der Waals surface area contributed by atoms with Crippen LogP contribution in [0.3, 0.4) is 0 Å². The van der Waals surface area contributed by atoms with Gasteiger partial charge in [-0.05, 0) is 37.5 Å². The van der Waals surface area contributed by atoms with Crippen molar-refractivity contribution in [2.24, 2.45) is 0 Å². The molecule has 1 N–H and O–H groups in total. The largest absolute Gasteiger partial charge is 0.381 e. The van der Waals surface area contributed by atoms with Crippen LogP contribution in [-0.2, 0) is 4.79 Å². The number of rotatable bonds is 4. The van der Waals surface area contributed by atoms with Crippen LogP contribution in [0.5, 0.6) is 0 Å². The zero-order valence-electron chi connectivity index (χ0n) is 15.1. The summed E-state index contributed by atoms with van der Waals surface area (Å²) in [7, 11) is 0. The van der Waals surface area contributed by atoms with Crippen molar-refractivity contribution in [3.05, 3.63) is 36.3 Å². The summed E-state index contributed by atoms with van der Waals surface area (Å²) >= 11 is 0. The van der Waals surface area contributed by atoms with Gasteiger partial charge in [0.2, 0.25) is 5.91 Å². The molecule has 1 aromatic heterocycles. The first-order chi connectivity index (χ1) is 13.1. The molecule has 0 saturated carbocycles. The van der Waals surface area contributed by atoms with Gasteiger partial charge in [-0.2, -0.15) is 5.26 Å². The summed E-state index contributed by atoms with van der Waals surface area (Å²) in [5.41, 5.74) is 1.11. The van der Waals surface area contributed by atoms with Gasteiger partial charge in [0.15, 0.2) is 5.82 Å². The number of likely N-dealkylation sites (tertiary alicyclic amines) is 2.